The van der Waals surface area contributed by atoms with E-state index >= 15 is 0 Å². The van der Waals surface area contributed by atoms with Gasteiger partial charge >= 0.3 is 5.97 Å². The fraction of sp³-hybridized carbons (Fsp3) is 0.292. The average molecular weight is 438 g/mol. The normalized spacial score (nSPS) is 16.3. The van der Waals surface area contributed by atoms with Crippen molar-refractivity contribution in [3.05, 3.63) is 76.5 Å². The summed E-state index contributed by atoms with van der Waals surface area (Å²) >= 11 is 5.43. The van der Waals surface area contributed by atoms with Crippen LogP contribution in [-0.2, 0) is 9.53 Å². The zero-order valence-electron chi connectivity index (χ0n) is 18.4. The van der Waals surface area contributed by atoms with Gasteiger partial charge in [-0.1, -0.05) is 29.8 Å². The maximum absolute atomic E-state index is 12.8. The van der Waals surface area contributed by atoms with E-state index in [1.165, 1.54) is 0 Å². The third-order valence-corrected chi connectivity index (χ3v) is 5.52. The van der Waals surface area contributed by atoms with Gasteiger partial charge in [-0.2, -0.15) is 0 Å². The Morgan fingerprint density at radius 2 is 1.68 bits per heavy atom. The molecule has 6 nitrogen and oxygen atoms in total. The second-order valence-corrected chi connectivity index (χ2v) is 8.22. The van der Waals surface area contributed by atoms with Crippen LogP contribution in [0.15, 0.2) is 59.8 Å². The Morgan fingerprint density at radius 1 is 1.06 bits per heavy atom. The molecule has 2 aromatic carbocycles. The van der Waals surface area contributed by atoms with Crippen LogP contribution >= 0.6 is 12.2 Å². The van der Waals surface area contributed by atoms with Gasteiger partial charge in [0.1, 0.15) is 0 Å². The molecule has 1 atom stereocenters. The molecule has 0 aliphatic carbocycles. The molecular weight excluding hydrogens is 410 g/mol. The molecule has 1 aliphatic rings. The minimum atomic E-state index is -0.434. The van der Waals surface area contributed by atoms with Gasteiger partial charge in [-0.05, 0) is 69.7 Å². The highest BCUT2D eigenvalue weighted by molar-refractivity contribution is 7.80. The first kappa shape index (κ1) is 22.5. The molecule has 31 heavy (non-hydrogen) atoms. The summed E-state index contributed by atoms with van der Waals surface area (Å²) in [5.41, 5.74) is 4.46. The minimum Gasteiger partial charge on any atom is -0.459 e. The first-order valence-corrected chi connectivity index (χ1v) is 10.5. The number of benzene rings is 2. The molecule has 0 saturated heterocycles. The summed E-state index contributed by atoms with van der Waals surface area (Å²) in [7, 11) is 1.81. The lowest BCUT2D eigenvalue weighted by Gasteiger charge is -2.35. The van der Waals surface area contributed by atoms with Crippen LogP contribution in [0.5, 0.6) is 0 Å². The maximum atomic E-state index is 12.8. The molecule has 0 aromatic heterocycles. The highest BCUT2D eigenvalue weighted by Crippen LogP contribution is 2.31. The number of carbonyl (C=O) groups is 2. The molecule has 3 rings (SSSR count). The predicted octanol–water partition coefficient (Wildman–Crippen LogP) is 4.33. The van der Waals surface area contributed by atoms with E-state index in [1.54, 1.807) is 17.0 Å². The molecule has 1 amide bonds. The number of amides is 1. The van der Waals surface area contributed by atoms with Crippen molar-refractivity contribution in [1.29, 1.82) is 0 Å². The number of esters is 1. The summed E-state index contributed by atoms with van der Waals surface area (Å²) in [5, 5.41) is 6.64. The van der Waals surface area contributed by atoms with E-state index < -0.39 is 6.04 Å². The van der Waals surface area contributed by atoms with Crippen molar-refractivity contribution in [3.63, 3.8) is 0 Å². The van der Waals surface area contributed by atoms with Crippen LogP contribution in [0.25, 0.3) is 0 Å². The van der Waals surface area contributed by atoms with Crippen molar-refractivity contribution in [2.24, 2.45) is 0 Å². The zero-order valence-corrected chi connectivity index (χ0v) is 19.2. The second-order valence-electron chi connectivity index (χ2n) is 7.84. The van der Waals surface area contributed by atoms with Crippen molar-refractivity contribution in [1.82, 2.24) is 10.2 Å². The van der Waals surface area contributed by atoms with Crippen LogP contribution in [0.2, 0.25) is 0 Å². The van der Waals surface area contributed by atoms with Gasteiger partial charge in [0, 0.05) is 24.0 Å². The molecule has 0 bridgehead atoms. The lowest BCUT2D eigenvalue weighted by molar-refractivity contribution is -0.143. The third-order valence-electron chi connectivity index (χ3n) is 5.13. The van der Waals surface area contributed by atoms with E-state index in [0.717, 1.165) is 16.8 Å². The van der Waals surface area contributed by atoms with Crippen molar-refractivity contribution >= 4 is 34.9 Å². The van der Waals surface area contributed by atoms with Gasteiger partial charge in [-0.3, -0.25) is 4.79 Å². The quantitative estimate of drug-likeness (QED) is 0.536. The summed E-state index contributed by atoms with van der Waals surface area (Å²) in [6, 6.07) is 14.3. The second kappa shape index (κ2) is 9.31. The van der Waals surface area contributed by atoms with E-state index in [4.69, 9.17) is 17.0 Å². The van der Waals surface area contributed by atoms with Crippen LogP contribution in [0.3, 0.4) is 0 Å². The lowest BCUT2D eigenvalue weighted by atomic mass is 9.95. The molecule has 1 aliphatic heterocycles. The molecular formula is C24H27N3O3S. The fourth-order valence-corrected chi connectivity index (χ4v) is 3.55. The number of hydrogen-bond donors (Lipinski definition) is 2. The molecule has 0 radical (unpaired) electrons. The Labute approximate surface area is 188 Å². The van der Waals surface area contributed by atoms with Crippen molar-refractivity contribution in [3.8, 4) is 0 Å². The summed E-state index contributed by atoms with van der Waals surface area (Å²) in [6.45, 7) is 7.47. The zero-order chi connectivity index (χ0) is 22.7. The Kier molecular flexibility index (Phi) is 6.75. The van der Waals surface area contributed by atoms with Gasteiger partial charge in [0.2, 0.25) is 0 Å². The molecule has 1 heterocycles. The minimum absolute atomic E-state index is 0.178. The molecule has 162 valence electrons. The van der Waals surface area contributed by atoms with Crippen LogP contribution < -0.4 is 10.6 Å². The maximum Gasteiger partial charge on any atom is 0.338 e. The molecule has 7 heteroatoms. The van der Waals surface area contributed by atoms with Gasteiger partial charge in [0.25, 0.3) is 5.91 Å². The summed E-state index contributed by atoms with van der Waals surface area (Å²) in [5.74, 6) is -0.556. The summed E-state index contributed by atoms with van der Waals surface area (Å²) < 4.78 is 5.47. The molecule has 0 saturated carbocycles. The van der Waals surface area contributed by atoms with Crippen LogP contribution in [0.1, 0.15) is 48.3 Å². The molecule has 2 aromatic rings. The highest BCUT2D eigenvalue weighted by Gasteiger charge is 2.33. The van der Waals surface area contributed by atoms with Crippen LogP contribution in [0, 0.1) is 6.92 Å². The van der Waals surface area contributed by atoms with Gasteiger partial charge < -0.3 is 20.3 Å². The third kappa shape index (κ3) is 5.11. The van der Waals surface area contributed by atoms with Crippen molar-refractivity contribution < 1.29 is 14.3 Å². The Bertz CT molecular complexity index is 1030. The van der Waals surface area contributed by atoms with Crippen LogP contribution in [0.4, 0.5) is 5.69 Å². The smallest absolute Gasteiger partial charge is 0.338 e. The standard InChI is InChI=1S/C24H27N3O3S/c1-14(2)30-23(29)20-16(4)27(5)24(31)26-21(20)17-10-12-19(13-11-17)25-22(28)18-8-6-15(3)7-9-18/h6-14,21H,1-5H3,(H,25,28)(H,26,31). The Balaban J connectivity index is 1.84. The number of allylic oxidation sites excluding steroid dienone is 1. The monoisotopic (exact) mass is 437 g/mol. The van der Waals surface area contributed by atoms with E-state index in [2.05, 4.69) is 10.6 Å². The number of anilines is 1. The summed E-state index contributed by atoms with van der Waals surface area (Å²) in [6.07, 6.45) is -0.230. The fourth-order valence-electron chi connectivity index (χ4n) is 3.29. The Morgan fingerprint density at radius 3 is 2.26 bits per heavy atom. The molecule has 0 fully saturated rings. The van der Waals surface area contributed by atoms with Gasteiger partial charge in [-0.15, -0.1) is 0 Å². The number of nitrogens with one attached hydrogen (secondary N) is 2. The van der Waals surface area contributed by atoms with Crippen LogP contribution in [-0.4, -0.2) is 35.0 Å². The average Bonchev–Trinajstić information content (AvgIpc) is 2.72. The van der Waals surface area contributed by atoms with E-state index in [1.807, 2.05) is 71.1 Å². The van der Waals surface area contributed by atoms with E-state index in [0.29, 0.717) is 21.9 Å². The number of nitrogens with zero attached hydrogens (tertiary/aromatic N) is 1. The number of ether oxygens (including phenoxy) is 1. The number of thiocarbonyl (C=S) groups is 1. The first-order chi connectivity index (χ1) is 14.7. The topological polar surface area (TPSA) is 70.7 Å². The van der Waals surface area contributed by atoms with E-state index in [9.17, 15) is 9.59 Å². The van der Waals surface area contributed by atoms with Gasteiger partial charge in [0.05, 0.1) is 17.7 Å². The summed E-state index contributed by atoms with van der Waals surface area (Å²) in [4.78, 5) is 27.0. The van der Waals surface area contributed by atoms with E-state index in [-0.39, 0.29) is 18.0 Å². The lowest BCUT2D eigenvalue weighted by Crippen LogP contribution is -2.46. The number of hydrogen-bond acceptors (Lipinski definition) is 4. The largest absolute Gasteiger partial charge is 0.459 e. The van der Waals surface area contributed by atoms with Crippen molar-refractivity contribution in [2.45, 2.75) is 39.8 Å². The molecule has 1 unspecified atom stereocenters. The predicted molar refractivity (Wildman–Crippen MR) is 126 cm³/mol. The van der Waals surface area contributed by atoms with Gasteiger partial charge in [-0.25, -0.2) is 4.79 Å². The van der Waals surface area contributed by atoms with Gasteiger partial charge in [0.15, 0.2) is 5.11 Å². The number of rotatable bonds is 5. The van der Waals surface area contributed by atoms with Crippen molar-refractivity contribution in [2.75, 3.05) is 12.4 Å². The number of carbonyl (C=O) groups excluding carboxylic acids is 2. The molecule has 2 N–H and O–H groups in total. The first-order valence-electron chi connectivity index (χ1n) is 10.1. The Hall–Kier alpha value is -3.19. The highest BCUT2D eigenvalue weighted by atomic mass is 32.1. The molecule has 0 spiro atoms. The number of aryl methyl sites for hydroxylation is 1. The SMILES string of the molecule is CC1=C(C(=O)OC(C)C)C(c2ccc(NC(=O)c3ccc(C)cc3)cc2)NC(=S)N1C.